The maximum atomic E-state index is 13.8. The summed E-state index contributed by atoms with van der Waals surface area (Å²) in [5.74, 6) is -0.656. The number of carbonyl (C=O) groups excluding carboxylic acids is 1. The van der Waals surface area contributed by atoms with E-state index in [9.17, 15) is 9.18 Å². The Morgan fingerprint density at radius 1 is 1.25 bits per heavy atom. The quantitative estimate of drug-likeness (QED) is 0.313. The standard InChI is InChI=1S/C23H22FN5O3/c1-23(22(30)32-2,13-14-4-3-5-16(24)12-14)18-10-11-26-21-19(20(25)27-29(18)21)15-6-8-17(28-31)9-7-15/h3-12,28,31H,13H2,1-2H3,(H2,25,27). The highest BCUT2D eigenvalue weighted by atomic mass is 19.1. The molecular weight excluding hydrogens is 413 g/mol. The van der Waals surface area contributed by atoms with Crippen LogP contribution in [-0.2, 0) is 21.4 Å². The molecule has 8 nitrogen and oxygen atoms in total. The van der Waals surface area contributed by atoms with Gasteiger partial charge in [-0.15, -0.1) is 5.10 Å². The van der Waals surface area contributed by atoms with Crippen molar-refractivity contribution in [3.8, 4) is 11.1 Å². The monoisotopic (exact) mass is 435 g/mol. The highest BCUT2D eigenvalue weighted by Crippen LogP contribution is 2.35. The van der Waals surface area contributed by atoms with Crippen LogP contribution in [0, 0.1) is 5.82 Å². The van der Waals surface area contributed by atoms with E-state index in [1.807, 2.05) is 0 Å². The zero-order valence-corrected chi connectivity index (χ0v) is 17.5. The number of anilines is 2. The Balaban J connectivity index is 1.89. The van der Waals surface area contributed by atoms with Gasteiger partial charge in [-0.25, -0.2) is 13.9 Å². The Bertz CT molecular complexity index is 1290. The summed E-state index contributed by atoms with van der Waals surface area (Å²) in [6, 6.07) is 14.7. The van der Waals surface area contributed by atoms with Gasteiger partial charge in [-0.05, 0) is 54.8 Å². The number of aromatic nitrogens is 3. The van der Waals surface area contributed by atoms with Gasteiger partial charge in [-0.3, -0.25) is 15.5 Å². The lowest BCUT2D eigenvalue weighted by Crippen LogP contribution is -2.38. The first-order valence-corrected chi connectivity index (χ1v) is 9.84. The number of nitrogen functional groups attached to an aromatic ring is 1. The molecule has 164 valence electrons. The van der Waals surface area contributed by atoms with Gasteiger partial charge in [0.25, 0.3) is 0 Å². The number of benzene rings is 2. The molecule has 32 heavy (non-hydrogen) atoms. The van der Waals surface area contributed by atoms with Gasteiger partial charge in [0.1, 0.15) is 11.2 Å². The summed E-state index contributed by atoms with van der Waals surface area (Å²) in [5, 5.41) is 13.5. The lowest BCUT2D eigenvalue weighted by molar-refractivity contribution is -0.147. The van der Waals surface area contributed by atoms with Gasteiger partial charge in [0.05, 0.1) is 24.1 Å². The van der Waals surface area contributed by atoms with Crippen molar-refractivity contribution in [2.45, 2.75) is 18.8 Å². The number of nitrogens with two attached hydrogens (primary N) is 1. The summed E-state index contributed by atoms with van der Waals surface area (Å²) in [4.78, 5) is 17.4. The zero-order chi connectivity index (χ0) is 22.9. The lowest BCUT2D eigenvalue weighted by atomic mass is 9.80. The van der Waals surface area contributed by atoms with E-state index in [1.54, 1.807) is 55.6 Å². The molecule has 0 fully saturated rings. The number of nitrogens with one attached hydrogen (secondary N) is 1. The van der Waals surface area contributed by atoms with Gasteiger partial charge in [0.2, 0.25) is 0 Å². The minimum atomic E-state index is -1.19. The maximum Gasteiger partial charge on any atom is 0.317 e. The van der Waals surface area contributed by atoms with Crippen LogP contribution in [0.15, 0.2) is 60.8 Å². The van der Waals surface area contributed by atoms with Crippen molar-refractivity contribution in [3.63, 3.8) is 0 Å². The second-order valence-corrected chi connectivity index (χ2v) is 7.65. The molecule has 0 saturated heterocycles. The Labute approximate surface area is 183 Å². The van der Waals surface area contributed by atoms with Crippen LogP contribution in [0.25, 0.3) is 16.8 Å². The predicted octanol–water partition coefficient (Wildman–Crippen LogP) is 3.59. The first kappa shape index (κ1) is 21.3. The molecule has 1 atom stereocenters. The SMILES string of the molecule is COC(=O)C(C)(Cc1cccc(F)c1)c1ccnc2c(-c3ccc(NO)cc3)c(N)nn12. The highest BCUT2D eigenvalue weighted by molar-refractivity contribution is 5.88. The van der Waals surface area contributed by atoms with E-state index in [-0.39, 0.29) is 18.1 Å². The molecule has 0 radical (unpaired) electrons. The zero-order valence-electron chi connectivity index (χ0n) is 17.5. The minimum Gasteiger partial charge on any atom is -0.468 e. The Morgan fingerprint density at radius 2 is 2.00 bits per heavy atom. The van der Waals surface area contributed by atoms with Crippen LogP contribution in [0.2, 0.25) is 0 Å². The molecule has 0 aliphatic carbocycles. The molecule has 2 heterocycles. The molecule has 4 N–H and O–H groups in total. The maximum absolute atomic E-state index is 13.8. The van der Waals surface area contributed by atoms with Crippen LogP contribution in [-0.4, -0.2) is 32.9 Å². The summed E-state index contributed by atoms with van der Waals surface area (Å²) in [5.41, 5.74) is 10.6. The van der Waals surface area contributed by atoms with Crippen molar-refractivity contribution in [3.05, 3.63) is 77.9 Å². The van der Waals surface area contributed by atoms with E-state index in [0.717, 1.165) is 5.56 Å². The Hall–Kier alpha value is -3.98. The van der Waals surface area contributed by atoms with Gasteiger partial charge >= 0.3 is 5.97 Å². The molecule has 0 aliphatic heterocycles. The Kier molecular flexibility index (Phi) is 5.50. The molecule has 0 aliphatic rings. The average molecular weight is 435 g/mol. The fraction of sp³-hybridized carbons (Fsp3) is 0.174. The smallest absolute Gasteiger partial charge is 0.317 e. The van der Waals surface area contributed by atoms with Crippen LogP contribution in [0.1, 0.15) is 18.2 Å². The number of fused-ring (bicyclic) bond motifs is 1. The molecule has 9 heteroatoms. The van der Waals surface area contributed by atoms with Crippen LogP contribution in [0.4, 0.5) is 15.9 Å². The first-order valence-electron chi connectivity index (χ1n) is 9.84. The second kappa shape index (κ2) is 8.27. The number of ether oxygens (including phenoxy) is 1. The first-order chi connectivity index (χ1) is 15.4. The molecule has 2 aromatic carbocycles. The average Bonchev–Trinajstić information content (AvgIpc) is 3.14. The summed E-state index contributed by atoms with van der Waals surface area (Å²) in [7, 11) is 1.31. The highest BCUT2D eigenvalue weighted by Gasteiger charge is 2.40. The number of rotatable bonds is 6. The molecule has 0 bridgehead atoms. The van der Waals surface area contributed by atoms with Crippen LogP contribution in [0.5, 0.6) is 0 Å². The normalized spacial score (nSPS) is 13.0. The van der Waals surface area contributed by atoms with Crippen molar-refractivity contribution in [2.75, 3.05) is 18.3 Å². The minimum absolute atomic E-state index is 0.183. The van der Waals surface area contributed by atoms with Crippen molar-refractivity contribution >= 4 is 23.1 Å². The third-order valence-electron chi connectivity index (χ3n) is 5.50. The largest absolute Gasteiger partial charge is 0.468 e. The molecule has 2 aromatic heterocycles. The van der Waals surface area contributed by atoms with E-state index in [2.05, 4.69) is 15.6 Å². The Morgan fingerprint density at radius 3 is 2.66 bits per heavy atom. The topological polar surface area (TPSA) is 115 Å². The van der Waals surface area contributed by atoms with Gasteiger partial charge in [0.15, 0.2) is 11.5 Å². The molecule has 1 unspecified atom stereocenters. The number of esters is 1. The number of carbonyl (C=O) groups is 1. The van der Waals surface area contributed by atoms with Gasteiger partial charge in [-0.2, -0.15) is 0 Å². The lowest BCUT2D eigenvalue weighted by Gasteiger charge is -2.27. The third-order valence-corrected chi connectivity index (χ3v) is 5.50. The van der Waals surface area contributed by atoms with Crippen molar-refractivity contribution < 1.29 is 19.1 Å². The summed E-state index contributed by atoms with van der Waals surface area (Å²) >= 11 is 0. The number of hydrogen-bond donors (Lipinski definition) is 3. The van der Waals surface area contributed by atoms with Crippen LogP contribution in [0.3, 0.4) is 0 Å². The van der Waals surface area contributed by atoms with Crippen molar-refractivity contribution in [1.82, 2.24) is 14.6 Å². The van der Waals surface area contributed by atoms with E-state index in [4.69, 9.17) is 15.7 Å². The number of halogens is 1. The number of hydrogen-bond acceptors (Lipinski definition) is 7. The second-order valence-electron chi connectivity index (χ2n) is 7.65. The predicted molar refractivity (Wildman–Crippen MR) is 118 cm³/mol. The van der Waals surface area contributed by atoms with E-state index < -0.39 is 11.4 Å². The number of methoxy groups -OCH3 is 1. The van der Waals surface area contributed by atoms with E-state index in [0.29, 0.717) is 28.2 Å². The van der Waals surface area contributed by atoms with E-state index >= 15 is 0 Å². The van der Waals surface area contributed by atoms with Crippen LogP contribution < -0.4 is 11.2 Å². The molecule has 0 spiro atoms. The van der Waals surface area contributed by atoms with Gasteiger partial charge in [-0.1, -0.05) is 24.3 Å². The summed E-state index contributed by atoms with van der Waals surface area (Å²) in [6.07, 6.45) is 1.76. The molecular formula is C23H22FN5O3. The summed E-state index contributed by atoms with van der Waals surface area (Å²) in [6.45, 7) is 1.72. The van der Waals surface area contributed by atoms with Crippen molar-refractivity contribution in [1.29, 1.82) is 0 Å². The molecule has 0 amide bonds. The number of nitrogens with zero attached hydrogens (tertiary/aromatic N) is 3. The van der Waals surface area contributed by atoms with Crippen LogP contribution >= 0.6 is 0 Å². The van der Waals surface area contributed by atoms with Crippen molar-refractivity contribution in [2.24, 2.45) is 0 Å². The fourth-order valence-corrected chi connectivity index (χ4v) is 3.92. The summed E-state index contributed by atoms with van der Waals surface area (Å²) < 4.78 is 20.4. The molecule has 4 aromatic rings. The van der Waals surface area contributed by atoms with Gasteiger partial charge in [0, 0.05) is 6.20 Å². The fourth-order valence-electron chi connectivity index (χ4n) is 3.92. The van der Waals surface area contributed by atoms with E-state index in [1.165, 1.54) is 23.8 Å². The third kappa shape index (κ3) is 3.63. The molecule has 0 saturated carbocycles. The van der Waals surface area contributed by atoms with Gasteiger partial charge < -0.3 is 10.5 Å². The molecule has 4 rings (SSSR count).